The molecule has 0 aromatic heterocycles. The Bertz CT molecular complexity index is 747. The van der Waals surface area contributed by atoms with Crippen molar-refractivity contribution in [3.05, 3.63) is 65.2 Å². The van der Waals surface area contributed by atoms with Gasteiger partial charge in [-0.1, -0.05) is 36.4 Å². The van der Waals surface area contributed by atoms with Crippen LogP contribution >= 0.6 is 0 Å². The minimum Gasteiger partial charge on any atom is -0.497 e. The van der Waals surface area contributed by atoms with Gasteiger partial charge in [-0.3, -0.25) is 4.79 Å². The highest BCUT2D eigenvalue weighted by Crippen LogP contribution is 2.41. The number of hydrogen-bond donors (Lipinski definition) is 1. The monoisotopic (exact) mass is 307 g/mol. The maximum atomic E-state index is 11.2. The van der Waals surface area contributed by atoms with Crippen molar-refractivity contribution in [3.63, 3.8) is 0 Å². The molecule has 0 unspecified atom stereocenters. The Balaban J connectivity index is 1.99. The number of rotatable bonds is 5. The van der Waals surface area contributed by atoms with Crippen LogP contribution in [0.4, 0.5) is 0 Å². The molecule has 0 bridgehead atoms. The van der Waals surface area contributed by atoms with Gasteiger partial charge < -0.3 is 10.1 Å². The van der Waals surface area contributed by atoms with Crippen molar-refractivity contribution in [2.45, 2.75) is 19.8 Å². The van der Waals surface area contributed by atoms with E-state index in [0.29, 0.717) is 6.54 Å². The van der Waals surface area contributed by atoms with Crippen LogP contribution in [-0.4, -0.2) is 19.6 Å². The van der Waals surface area contributed by atoms with Crippen molar-refractivity contribution in [1.82, 2.24) is 5.32 Å². The Kier molecular flexibility index (Phi) is 4.47. The molecular weight excluding hydrogens is 286 g/mol. The number of nitrogens with one attached hydrogen (secondary N) is 1. The summed E-state index contributed by atoms with van der Waals surface area (Å²) in [6.45, 7) is 2.20. The molecule has 0 atom stereocenters. The Hall–Kier alpha value is -2.55. The first-order chi connectivity index (χ1) is 11.2. The van der Waals surface area contributed by atoms with Gasteiger partial charge in [-0.15, -0.1) is 0 Å². The quantitative estimate of drug-likeness (QED) is 0.915. The van der Waals surface area contributed by atoms with Crippen LogP contribution in [0.1, 0.15) is 30.0 Å². The number of allylic oxidation sites excluding steroid dienone is 1. The molecule has 0 fully saturated rings. The van der Waals surface area contributed by atoms with E-state index in [1.807, 2.05) is 12.1 Å². The molecule has 3 heteroatoms. The number of carbonyl (C=O) groups excluding carboxylic acids is 1. The molecule has 0 spiro atoms. The molecule has 1 aliphatic carbocycles. The summed E-state index contributed by atoms with van der Waals surface area (Å²) < 4.78 is 5.38. The molecular formula is C20H21NO2. The minimum absolute atomic E-state index is 0.00993. The van der Waals surface area contributed by atoms with E-state index in [4.69, 9.17) is 4.74 Å². The second-order valence-electron chi connectivity index (χ2n) is 5.76. The smallest absolute Gasteiger partial charge is 0.216 e. The molecule has 118 valence electrons. The first kappa shape index (κ1) is 15.3. The standard InChI is InChI=1S/C20H21NO2/c1-14(22)21-11-10-18-19(15-6-4-3-5-7-15)12-16-8-9-17(23-2)13-20(16)18/h3-9,13H,10-12H2,1-2H3,(H,21,22). The predicted molar refractivity (Wildman–Crippen MR) is 93.3 cm³/mol. The van der Waals surface area contributed by atoms with E-state index in [2.05, 4.69) is 41.7 Å². The van der Waals surface area contributed by atoms with Crippen molar-refractivity contribution >= 4 is 17.1 Å². The van der Waals surface area contributed by atoms with Gasteiger partial charge in [0, 0.05) is 13.5 Å². The summed E-state index contributed by atoms with van der Waals surface area (Å²) >= 11 is 0. The largest absolute Gasteiger partial charge is 0.497 e. The molecule has 2 aromatic rings. The van der Waals surface area contributed by atoms with E-state index in [1.54, 1.807) is 14.0 Å². The molecule has 0 heterocycles. The topological polar surface area (TPSA) is 38.3 Å². The summed E-state index contributed by atoms with van der Waals surface area (Å²) in [7, 11) is 1.69. The maximum absolute atomic E-state index is 11.2. The summed E-state index contributed by atoms with van der Waals surface area (Å²) in [5, 5.41) is 2.90. The first-order valence-electron chi connectivity index (χ1n) is 7.88. The van der Waals surface area contributed by atoms with Crippen LogP contribution in [0.5, 0.6) is 5.75 Å². The molecule has 0 radical (unpaired) electrons. The molecule has 2 aromatic carbocycles. The van der Waals surface area contributed by atoms with Crippen molar-refractivity contribution in [2.24, 2.45) is 0 Å². The summed E-state index contributed by atoms with van der Waals surface area (Å²) in [5.41, 5.74) is 6.47. The van der Waals surface area contributed by atoms with Gasteiger partial charge in [-0.2, -0.15) is 0 Å². The molecule has 1 aliphatic rings. The highest BCUT2D eigenvalue weighted by Gasteiger charge is 2.22. The van der Waals surface area contributed by atoms with Crippen LogP contribution < -0.4 is 10.1 Å². The van der Waals surface area contributed by atoms with Crippen molar-refractivity contribution < 1.29 is 9.53 Å². The average Bonchev–Trinajstić information content (AvgIpc) is 2.93. The van der Waals surface area contributed by atoms with Gasteiger partial charge in [0.1, 0.15) is 5.75 Å². The Labute approximate surface area is 137 Å². The van der Waals surface area contributed by atoms with Crippen molar-refractivity contribution in [1.29, 1.82) is 0 Å². The second-order valence-corrected chi connectivity index (χ2v) is 5.76. The fourth-order valence-electron chi connectivity index (χ4n) is 3.14. The minimum atomic E-state index is 0.00993. The predicted octanol–water partition coefficient (Wildman–Crippen LogP) is 3.69. The van der Waals surface area contributed by atoms with E-state index < -0.39 is 0 Å². The normalized spacial score (nSPS) is 13.0. The van der Waals surface area contributed by atoms with E-state index in [-0.39, 0.29) is 5.91 Å². The summed E-state index contributed by atoms with van der Waals surface area (Å²) in [5.74, 6) is 0.880. The summed E-state index contributed by atoms with van der Waals surface area (Å²) in [6, 6.07) is 16.7. The highest BCUT2D eigenvalue weighted by molar-refractivity contribution is 5.97. The average molecular weight is 307 g/mol. The third-order valence-corrected chi connectivity index (χ3v) is 4.24. The Morgan fingerprint density at radius 2 is 1.96 bits per heavy atom. The van der Waals surface area contributed by atoms with Crippen LogP contribution in [-0.2, 0) is 11.2 Å². The molecule has 0 saturated heterocycles. The maximum Gasteiger partial charge on any atom is 0.216 e. The molecule has 0 aliphatic heterocycles. The van der Waals surface area contributed by atoms with Gasteiger partial charge in [0.15, 0.2) is 0 Å². The van der Waals surface area contributed by atoms with E-state index >= 15 is 0 Å². The molecule has 1 amide bonds. The van der Waals surface area contributed by atoms with E-state index in [1.165, 1.54) is 27.8 Å². The molecule has 0 saturated carbocycles. The number of ether oxygens (including phenoxy) is 1. The number of amides is 1. The Morgan fingerprint density at radius 3 is 2.65 bits per heavy atom. The number of methoxy groups -OCH3 is 1. The lowest BCUT2D eigenvalue weighted by Crippen LogP contribution is -2.21. The lowest BCUT2D eigenvalue weighted by molar-refractivity contribution is -0.118. The van der Waals surface area contributed by atoms with Crippen molar-refractivity contribution in [2.75, 3.05) is 13.7 Å². The summed E-state index contributed by atoms with van der Waals surface area (Å²) in [4.78, 5) is 11.2. The second kappa shape index (κ2) is 6.69. The fourth-order valence-corrected chi connectivity index (χ4v) is 3.14. The van der Waals surface area contributed by atoms with Gasteiger partial charge in [0.05, 0.1) is 7.11 Å². The van der Waals surface area contributed by atoms with Crippen LogP contribution in [0.25, 0.3) is 11.1 Å². The van der Waals surface area contributed by atoms with Crippen LogP contribution in [0, 0.1) is 0 Å². The Morgan fingerprint density at radius 1 is 1.17 bits per heavy atom. The lowest BCUT2D eigenvalue weighted by Gasteiger charge is -2.10. The molecule has 3 nitrogen and oxygen atoms in total. The zero-order chi connectivity index (χ0) is 16.2. The van der Waals surface area contributed by atoms with Crippen molar-refractivity contribution in [3.8, 4) is 5.75 Å². The van der Waals surface area contributed by atoms with Crippen LogP contribution in [0.2, 0.25) is 0 Å². The van der Waals surface area contributed by atoms with Crippen LogP contribution in [0.15, 0.2) is 48.5 Å². The van der Waals surface area contributed by atoms with E-state index in [0.717, 1.165) is 18.6 Å². The molecule has 1 N–H and O–H groups in total. The lowest BCUT2D eigenvalue weighted by atomic mass is 9.98. The highest BCUT2D eigenvalue weighted by atomic mass is 16.5. The number of fused-ring (bicyclic) bond motifs is 1. The van der Waals surface area contributed by atoms with Gasteiger partial charge in [-0.25, -0.2) is 0 Å². The number of hydrogen-bond acceptors (Lipinski definition) is 2. The van der Waals surface area contributed by atoms with E-state index in [9.17, 15) is 4.79 Å². The third kappa shape index (κ3) is 3.29. The fraction of sp³-hybridized carbons (Fsp3) is 0.250. The zero-order valence-electron chi connectivity index (χ0n) is 13.6. The van der Waals surface area contributed by atoms with Gasteiger partial charge >= 0.3 is 0 Å². The van der Waals surface area contributed by atoms with Gasteiger partial charge in [-0.05, 0) is 52.8 Å². The SMILES string of the molecule is COc1ccc2c(c1)C(CCNC(C)=O)=C(c1ccccc1)C2. The molecule has 23 heavy (non-hydrogen) atoms. The number of carbonyl (C=O) groups is 1. The van der Waals surface area contributed by atoms with Gasteiger partial charge in [0.2, 0.25) is 5.91 Å². The zero-order valence-corrected chi connectivity index (χ0v) is 13.6. The number of benzene rings is 2. The third-order valence-electron chi connectivity index (χ3n) is 4.24. The first-order valence-corrected chi connectivity index (χ1v) is 7.88. The van der Waals surface area contributed by atoms with Crippen LogP contribution in [0.3, 0.4) is 0 Å². The summed E-state index contributed by atoms with van der Waals surface area (Å²) in [6.07, 6.45) is 1.75. The molecule has 3 rings (SSSR count). The van der Waals surface area contributed by atoms with Gasteiger partial charge in [0.25, 0.3) is 0 Å².